The minimum Gasteiger partial charge on any atom is -0.356 e. The van der Waals surface area contributed by atoms with Gasteiger partial charge in [-0.2, -0.15) is 0 Å². The SMILES string of the molecule is Cl.N[C@H]1CCCNC(=O)C1. The third-order valence-electron chi connectivity index (χ3n) is 1.52. The molecule has 0 bridgehead atoms. The number of halogens is 1. The third kappa shape index (κ3) is 3.03. The molecular formula is C6H13ClN2O. The van der Waals surface area contributed by atoms with Gasteiger partial charge in [0.15, 0.2) is 0 Å². The Hall–Kier alpha value is -0.280. The van der Waals surface area contributed by atoms with Crippen LogP contribution in [0.25, 0.3) is 0 Å². The second kappa shape index (κ2) is 4.52. The van der Waals surface area contributed by atoms with Gasteiger partial charge in [0.2, 0.25) is 5.91 Å². The summed E-state index contributed by atoms with van der Waals surface area (Å²) in [4.78, 5) is 10.7. The zero-order valence-electron chi connectivity index (χ0n) is 5.80. The van der Waals surface area contributed by atoms with Gasteiger partial charge in [-0.3, -0.25) is 4.79 Å². The lowest BCUT2D eigenvalue weighted by atomic mass is 10.1. The number of nitrogens with one attached hydrogen (secondary N) is 1. The summed E-state index contributed by atoms with van der Waals surface area (Å²) < 4.78 is 0. The monoisotopic (exact) mass is 164 g/mol. The first-order valence-electron chi connectivity index (χ1n) is 3.31. The molecule has 1 rings (SSSR count). The second-order valence-corrected chi connectivity index (χ2v) is 2.46. The van der Waals surface area contributed by atoms with E-state index in [1.54, 1.807) is 0 Å². The molecule has 0 unspecified atom stereocenters. The third-order valence-corrected chi connectivity index (χ3v) is 1.52. The number of hydrogen-bond donors (Lipinski definition) is 2. The molecule has 1 atom stereocenters. The van der Waals surface area contributed by atoms with E-state index >= 15 is 0 Å². The van der Waals surface area contributed by atoms with E-state index in [0.717, 1.165) is 19.4 Å². The summed E-state index contributed by atoms with van der Waals surface area (Å²) in [5.41, 5.74) is 5.56. The number of nitrogens with two attached hydrogens (primary N) is 1. The van der Waals surface area contributed by atoms with Gasteiger partial charge in [-0.05, 0) is 12.8 Å². The fraction of sp³-hybridized carbons (Fsp3) is 0.833. The number of carbonyl (C=O) groups excluding carboxylic acids is 1. The Kier molecular flexibility index (Phi) is 4.40. The molecule has 3 nitrogen and oxygen atoms in total. The Morgan fingerprint density at radius 3 is 3.00 bits per heavy atom. The van der Waals surface area contributed by atoms with Gasteiger partial charge in [0, 0.05) is 19.0 Å². The number of amides is 1. The molecule has 0 aliphatic carbocycles. The highest BCUT2D eigenvalue weighted by Gasteiger charge is 2.12. The molecule has 0 aromatic rings. The molecule has 4 heteroatoms. The van der Waals surface area contributed by atoms with Gasteiger partial charge in [-0.25, -0.2) is 0 Å². The van der Waals surface area contributed by atoms with Crippen molar-refractivity contribution in [3.63, 3.8) is 0 Å². The fourth-order valence-corrected chi connectivity index (χ4v) is 1.00. The molecule has 60 valence electrons. The zero-order chi connectivity index (χ0) is 6.69. The average molecular weight is 165 g/mol. The lowest BCUT2D eigenvalue weighted by Crippen LogP contribution is -2.27. The van der Waals surface area contributed by atoms with E-state index < -0.39 is 0 Å². The summed E-state index contributed by atoms with van der Waals surface area (Å²) in [5, 5.41) is 2.76. The Labute approximate surface area is 66.8 Å². The van der Waals surface area contributed by atoms with Gasteiger partial charge >= 0.3 is 0 Å². The van der Waals surface area contributed by atoms with E-state index in [4.69, 9.17) is 5.73 Å². The van der Waals surface area contributed by atoms with Crippen molar-refractivity contribution in [2.24, 2.45) is 5.73 Å². The van der Waals surface area contributed by atoms with E-state index in [1.165, 1.54) is 0 Å². The molecule has 10 heavy (non-hydrogen) atoms. The van der Waals surface area contributed by atoms with E-state index in [1.807, 2.05) is 0 Å². The van der Waals surface area contributed by atoms with Gasteiger partial charge in [-0.1, -0.05) is 0 Å². The van der Waals surface area contributed by atoms with Crippen molar-refractivity contribution in [1.82, 2.24) is 5.32 Å². The molecule has 1 aliphatic rings. The highest BCUT2D eigenvalue weighted by atomic mass is 35.5. The first-order valence-corrected chi connectivity index (χ1v) is 3.31. The van der Waals surface area contributed by atoms with Crippen LogP contribution in [0.4, 0.5) is 0 Å². The minimum absolute atomic E-state index is 0. The van der Waals surface area contributed by atoms with Crippen LogP contribution in [0, 0.1) is 0 Å². The van der Waals surface area contributed by atoms with E-state index in [9.17, 15) is 4.79 Å². The van der Waals surface area contributed by atoms with Gasteiger partial charge in [0.25, 0.3) is 0 Å². The predicted molar refractivity (Wildman–Crippen MR) is 42.1 cm³/mol. The first kappa shape index (κ1) is 9.72. The van der Waals surface area contributed by atoms with Crippen LogP contribution < -0.4 is 11.1 Å². The Bertz CT molecular complexity index is 118. The maximum Gasteiger partial charge on any atom is 0.221 e. The summed E-state index contributed by atoms with van der Waals surface area (Å²) in [6.45, 7) is 0.798. The van der Waals surface area contributed by atoms with Crippen molar-refractivity contribution in [1.29, 1.82) is 0 Å². The molecule has 1 amide bonds. The molecular weight excluding hydrogens is 152 g/mol. The van der Waals surface area contributed by atoms with E-state index in [-0.39, 0.29) is 24.4 Å². The number of hydrogen-bond acceptors (Lipinski definition) is 2. The van der Waals surface area contributed by atoms with Crippen LogP contribution in [-0.2, 0) is 4.79 Å². The summed E-state index contributed by atoms with van der Waals surface area (Å²) in [7, 11) is 0. The van der Waals surface area contributed by atoms with Crippen molar-refractivity contribution in [2.45, 2.75) is 25.3 Å². The maximum absolute atomic E-state index is 10.7. The molecule has 0 aromatic heterocycles. The lowest BCUT2D eigenvalue weighted by molar-refractivity contribution is -0.120. The fourth-order valence-electron chi connectivity index (χ4n) is 1.00. The van der Waals surface area contributed by atoms with Gasteiger partial charge < -0.3 is 11.1 Å². The molecule has 1 fully saturated rings. The van der Waals surface area contributed by atoms with Crippen molar-refractivity contribution < 1.29 is 4.79 Å². The van der Waals surface area contributed by atoms with Crippen LogP contribution in [0.5, 0.6) is 0 Å². The standard InChI is InChI=1S/C6H12N2O.ClH/c7-5-2-1-3-8-6(9)4-5;/h5H,1-4,7H2,(H,8,9);1H/t5-;/m0./s1. The predicted octanol–water partition coefficient (Wildman–Crippen LogP) is 0.0356. The molecule has 0 radical (unpaired) electrons. The molecule has 0 spiro atoms. The van der Waals surface area contributed by atoms with Crippen LogP contribution in [0.2, 0.25) is 0 Å². The van der Waals surface area contributed by atoms with Gasteiger partial charge in [-0.15, -0.1) is 12.4 Å². The summed E-state index contributed by atoms with van der Waals surface area (Å²) in [6, 6.07) is 0.0903. The largest absolute Gasteiger partial charge is 0.356 e. The normalized spacial score (nSPS) is 26.1. The first-order chi connectivity index (χ1) is 4.29. The highest BCUT2D eigenvalue weighted by molar-refractivity contribution is 5.85. The topological polar surface area (TPSA) is 55.1 Å². The molecule has 1 saturated heterocycles. The van der Waals surface area contributed by atoms with Crippen LogP contribution in [-0.4, -0.2) is 18.5 Å². The van der Waals surface area contributed by atoms with E-state index in [2.05, 4.69) is 5.32 Å². The number of rotatable bonds is 0. The minimum atomic E-state index is 0. The second-order valence-electron chi connectivity index (χ2n) is 2.46. The van der Waals surface area contributed by atoms with Crippen LogP contribution in [0.1, 0.15) is 19.3 Å². The summed E-state index contributed by atoms with van der Waals surface area (Å²) >= 11 is 0. The number of carbonyl (C=O) groups is 1. The lowest BCUT2D eigenvalue weighted by Gasteiger charge is -2.02. The van der Waals surface area contributed by atoms with Crippen LogP contribution in [0.15, 0.2) is 0 Å². The molecule has 3 N–H and O–H groups in total. The molecule has 1 heterocycles. The molecule has 0 saturated carbocycles. The van der Waals surface area contributed by atoms with Gasteiger partial charge in [0.05, 0.1) is 0 Å². The Morgan fingerprint density at radius 2 is 2.30 bits per heavy atom. The van der Waals surface area contributed by atoms with Gasteiger partial charge in [0.1, 0.15) is 0 Å². The molecule has 1 aliphatic heterocycles. The van der Waals surface area contributed by atoms with Crippen molar-refractivity contribution in [3.8, 4) is 0 Å². The Morgan fingerprint density at radius 1 is 1.60 bits per heavy atom. The quantitative estimate of drug-likeness (QED) is 0.531. The summed E-state index contributed by atoms with van der Waals surface area (Å²) in [5.74, 6) is 0.0972. The van der Waals surface area contributed by atoms with Crippen molar-refractivity contribution in [3.05, 3.63) is 0 Å². The zero-order valence-corrected chi connectivity index (χ0v) is 6.62. The summed E-state index contributed by atoms with van der Waals surface area (Å²) in [6.07, 6.45) is 2.49. The van der Waals surface area contributed by atoms with Crippen LogP contribution >= 0.6 is 12.4 Å². The Balaban J connectivity index is 0.000000810. The molecule has 0 aromatic carbocycles. The highest BCUT2D eigenvalue weighted by Crippen LogP contribution is 2.01. The maximum atomic E-state index is 10.7. The average Bonchev–Trinajstić information content (AvgIpc) is 1.93. The smallest absolute Gasteiger partial charge is 0.221 e. The van der Waals surface area contributed by atoms with Crippen LogP contribution in [0.3, 0.4) is 0 Å². The van der Waals surface area contributed by atoms with E-state index in [0.29, 0.717) is 6.42 Å². The van der Waals surface area contributed by atoms with Crippen molar-refractivity contribution in [2.75, 3.05) is 6.54 Å². The van der Waals surface area contributed by atoms with Crippen molar-refractivity contribution >= 4 is 18.3 Å².